The Morgan fingerprint density at radius 1 is 1.33 bits per heavy atom. The summed E-state index contributed by atoms with van der Waals surface area (Å²) in [6.07, 6.45) is 0.595. The van der Waals surface area contributed by atoms with E-state index in [1.165, 1.54) is 0 Å². The first kappa shape index (κ1) is 17.5. The van der Waals surface area contributed by atoms with Crippen molar-refractivity contribution in [2.75, 3.05) is 13.2 Å². The second-order valence-electron chi connectivity index (χ2n) is 6.43. The Labute approximate surface area is 127 Å². The number of carboxylic acids is 1. The van der Waals surface area contributed by atoms with Gasteiger partial charge in [0, 0.05) is 12.1 Å². The van der Waals surface area contributed by atoms with Crippen LogP contribution in [0.25, 0.3) is 0 Å². The maximum atomic E-state index is 11.0. The van der Waals surface area contributed by atoms with Crippen LogP contribution >= 0.6 is 0 Å². The number of carbonyl (C=O) groups is 1. The third-order valence-electron chi connectivity index (χ3n) is 3.37. The molecule has 1 rings (SSSR count). The highest BCUT2D eigenvalue weighted by Crippen LogP contribution is 2.21. The zero-order valence-electron chi connectivity index (χ0n) is 13.5. The van der Waals surface area contributed by atoms with Crippen LogP contribution in [0.4, 0.5) is 0 Å². The Morgan fingerprint density at radius 2 is 2.00 bits per heavy atom. The van der Waals surface area contributed by atoms with E-state index in [0.717, 1.165) is 11.3 Å². The molecule has 2 N–H and O–H groups in total. The highest BCUT2D eigenvalue weighted by Gasteiger charge is 2.26. The lowest BCUT2D eigenvalue weighted by molar-refractivity contribution is -0.147. The van der Waals surface area contributed by atoms with Gasteiger partial charge >= 0.3 is 5.97 Å². The van der Waals surface area contributed by atoms with Crippen LogP contribution in [-0.4, -0.2) is 24.2 Å². The fraction of sp³-hybridized carbons (Fsp3) is 0.588. The van der Waals surface area contributed by atoms with Gasteiger partial charge in [0.2, 0.25) is 0 Å². The van der Waals surface area contributed by atoms with Gasteiger partial charge in [0.25, 0.3) is 0 Å². The molecule has 0 atom stereocenters. The van der Waals surface area contributed by atoms with Crippen LogP contribution in [0, 0.1) is 11.3 Å². The molecule has 0 fully saturated rings. The van der Waals surface area contributed by atoms with Gasteiger partial charge < -0.3 is 15.2 Å². The van der Waals surface area contributed by atoms with Gasteiger partial charge in [0.15, 0.2) is 0 Å². The number of aliphatic carboxylic acids is 1. The molecule has 0 saturated carbocycles. The van der Waals surface area contributed by atoms with Crippen LogP contribution in [0.3, 0.4) is 0 Å². The Hall–Kier alpha value is -1.55. The predicted molar refractivity (Wildman–Crippen MR) is 84.5 cm³/mol. The van der Waals surface area contributed by atoms with Crippen molar-refractivity contribution in [1.82, 2.24) is 5.32 Å². The first-order valence-electron chi connectivity index (χ1n) is 7.48. The predicted octanol–water partition coefficient (Wildman–Crippen LogP) is 3.31. The number of rotatable bonds is 9. The fourth-order valence-electron chi connectivity index (χ4n) is 1.78. The van der Waals surface area contributed by atoms with E-state index in [2.05, 4.69) is 19.2 Å². The van der Waals surface area contributed by atoms with Crippen LogP contribution in [0.5, 0.6) is 5.75 Å². The van der Waals surface area contributed by atoms with E-state index in [1.54, 1.807) is 13.8 Å². The maximum absolute atomic E-state index is 11.0. The van der Waals surface area contributed by atoms with Crippen molar-refractivity contribution in [2.24, 2.45) is 11.3 Å². The number of nitrogens with one attached hydrogen (secondary N) is 1. The molecule has 0 aliphatic rings. The lowest BCUT2D eigenvalue weighted by atomic mass is 9.90. The molecular formula is C17H27NO3. The first-order valence-corrected chi connectivity index (χ1v) is 7.48. The molecule has 0 aliphatic heterocycles. The van der Waals surface area contributed by atoms with Crippen molar-refractivity contribution in [2.45, 2.75) is 40.7 Å². The quantitative estimate of drug-likeness (QED) is 0.686. The Bertz CT molecular complexity index is 455. The summed E-state index contributed by atoms with van der Waals surface area (Å²) in [7, 11) is 0. The summed E-state index contributed by atoms with van der Waals surface area (Å²) in [5.74, 6) is 0.628. The Balaban J connectivity index is 2.46. The largest absolute Gasteiger partial charge is 0.493 e. The van der Waals surface area contributed by atoms with Crippen molar-refractivity contribution < 1.29 is 14.6 Å². The van der Waals surface area contributed by atoms with Crippen molar-refractivity contribution in [1.29, 1.82) is 0 Å². The lowest BCUT2D eigenvalue weighted by Gasteiger charge is -2.19. The molecule has 118 valence electrons. The molecule has 4 nitrogen and oxygen atoms in total. The topological polar surface area (TPSA) is 58.6 Å². The zero-order valence-corrected chi connectivity index (χ0v) is 13.5. The summed E-state index contributed by atoms with van der Waals surface area (Å²) >= 11 is 0. The van der Waals surface area contributed by atoms with Gasteiger partial charge in [-0.15, -0.1) is 0 Å². The van der Waals surface area contributed by atoms with Crippen molar-refractivity contribution in [3.05, 3.63) is 29.8 Å². The molecule has 0 saturated heterocycles. The molecule has 0 aliphatic carbocycles. The van der Waals surface area contributed by atoms with Gasteiger partial charge in [-0.2, -0.15) is 0 Å². The van der Waals surface area contributed by atoms with E-state index < -0.39 is 11.4 Å². The second kappa shape index (κ2) is 8.03. The summed E-state index contributed by atoms with van der Waals surface area (Å²) in [5.41, 5.74) is 0.409. The van der Waals surface area contributed by atoms with Crippen molar-refractivity contribution in [3.8, 4) is 5.75 Å². The molecule has 4 heteroatoms. The third-order valence-corrected chi connectivity index (χ3v) is 3.37. The molecule has 0 amide bonds. The fourth-order valence-corrected chi connectivity index (χ4v) is 1.78. The highest BCUT2D eigenvalue weighted by atomic mass is 16.5. The average molecular weight is 293 g/mol. The number of para-hydroxylation sites is 1. The summed E-state index contributed by atoms with van der Waals surface area (Å²) in [5, 5.41) is 12.4. The molecule has 0 aromatic heterocycles. The van der Waals surface area contributed by atoms with Gasteiger partial charge in [0.05, 0.1) is 12.0 Å². The molecule has 0 bridgehead atoms. The zero-order chi connectivity index (χ0) is 15.9. The SMILES string of the molecule is CC(C)COc1ccccc1CNCCC(C)(C)C(=O)O. The minimum Gasteiger partial charge on any atom is -0.493 e. The molecule has 1 aromatic carbocycles. The second-order valence-corrected chi connectivity index (χ2v) is 6.43. The number of hydrogen-bond acceptors (Lipinski definition) is 3. The number of hydrogen-bond donors (Lipinski definition) is 2. The highest BCUT2D eigenvalue weighted by molar-refractivity contribution is 5.73. The van der Waals surface area contributed by atoms with Gasteiger partial charge in [-0.25, -0.2) is 0 Å². The van der Waals surface area contributed by atoms with Gasteiger partial charge in [0.1, 0.15) is 5.75 Å². The van der Waals surface area contributed by atoms with E-state index in [9.17, 15) is 4.79 Å². The van der Waals surface area contributed by atoms with Crippen LogP contribution < -0.4 is 10.1 Å². The van der Waals surface area contributed by atoms with Crippen molar-refractivity contribution >= 4 is 5.97 Å². The molecule has 0 unspecified atom stereocenters. The maximum Gasteiger partial charge on any atom is 0.309 e. The molecule has 1 aromatic rings. The van der Waals surface area contributed by atoms with E-state index >= 15 is 0 Å². The minimum absolute atomic E-state index is 0.488. The van der Waals surface area contributed by atoms with E-state index in [0.29, 0.717) is 32.0 Å². The number of ether oxygens (including phenoxy) is 1. The van der Waals surface area contributed by atoms with E-state index in [4.69, 9.17) is 9.84 Å². The molecule has 21 heavy (non-hydrogen) atoms. The monoisotopic (exact) mass is 293 g/mol. The average Bonchev–Trinajstić information content (AvgIpc) is 2.42. The van der Waals surface area contributed by atoms with Crippen LogP contribution in [-0.2, 0) is 11.3 Å². The summed E-state index contributed by atoms with van der Waals surface area (Å²) in [6.45, 7) is 9.78. The van der Waals surface area contributed by atoms with Gasteiger partial charge in [-0.1, -0.05) is 32.0 Å². The lowest BCUT2D eigenvalue weighted by Crippen LogP contribution is -2.28. The van der Waals surface area contributed by atoms with Crippen LogP contribution in [0.1, 0.15) is 39.7 Å². The normalized spacial score (nSPS) is 11.7. The molecular weight excluding hydrogens is 266 g/mol. The summed E-state index contributed by atoms with van der Waals surface area (Å²) < 4.78 is 5.80. The summed E-state index contributed by atoms with van der Waals surface area (Å²) in [4.78, 5) is 11.0. The molecule has 0 heterocycles. The van der Waals surface area contributed by atoms with E-state index in [1.807, 2.05) is 24.3 Å². The van der Waals surface area contributed by atoms with E-state index in [-0.39, 0.29) is 0 Å². The van der Waals surface area contributed by atoms with Gasteiger partial charge in [-0.3, -0.25) is 4.79 Å². The van der Waals surface area contributed by atoms with Crippen LogP contribution in [0.15, 0.2) is 24.3 Å². The number of benzene rings is 1. The minimum atomic E-state index is -0.759. The summed E-state index contributed by atoms with van der Waals surface area (Å²) in [6, 6.07) is 7.96. The van der Waals surface area contributed by atoms with Crippen molar-refractivity contribution in [3.63, 3.8) is 0 Å². The Morgan fingerprint density at radius 3 is 2.62 bits per heavy atom. The number of carboxylic acid groups (broad SMARTS) is 1. The molecule has 0 spiro atoms. The smallest absolute Gasteiger partial charge is 0.309 e. The van der Waals surface area contributed by atoms with Gasteiger partial charge in [-0.05, 0) is 38.8 Å². The molecule has 0 radical (unpaired) electrons. The van der Waals surface area contributed by atoms with Crippen LogP contribution in [0.2, 0.25) is 0 Å². The Kier molecular flexibility index (Phi) is 6.69. The third kappa shape index (κ3) is 6.17. The standard InChI is InChI=1S/C17H27NO3/c1-13(2)12-21-15-8-6-5-7-14(15)11-18-10-9-17(3,4)16(19)20/h5-8,13,18H,9-12H2,1-4H3,(H,19,20). The first-order chi connectivity index (χ1) is 9.83.